The highest BCUT2D eigenvalue weighted by Crippen LogP contribution is 2.29. The molecule has 0 fully saturated rings. The summed E-state index contributed by atoms with van der Waals surface area (Å²) in [4.78, 5) is 5.58. The molecule has 96 valence electrons. The van der Waals surface area contributed by atoms with Gasteiger partial charge in [0.1, 0.15) is 0 Å². The summed E-state index contributed by atoms with van der Waals surface area (Å²) >= 11 is 5.25. The van der Waals surface area contributed by atoms with Gasteiger partial charge in [0.2, 0.25) is 0 Å². The summed E-state index contributed by atoms with van der Waals surface area (Å²) in [5.41, 5.74) is 4.18. The number of aromatic nitrogens is 1. The van der Waals surface area contributed by atoms with E-state index in [2.05, 4.69) is 27.0 Å². The van der Waals surface area contributed by atoms with E-state index in [-0.39, 0.29) is 12.5 Å². The fraction of sp³-hybridized carbons (Fsp3) is 0.357. The Morgan fingerprint density at radius 1 is 1.39 bits per heavy atom. The molecule has 1 N–H and O–H groups in total. The fourth-order valence-corrected chi connectivity index (χ4v) is 3.43. The van der Waals surface area contributed by atoms with Crippen LogP contribution >= 0.6 is 27.3 Å². The van der Waals surface area contributed by atoms with E-state index in [1.54, 1.807) is 11.3 Å². The second-order valence-corrected chi connectivity index (χ2v) is 6.09. The van der Waals surface area contributed by atoms with Crippen LogP contribution in [0.5, 0.6) is 0 Å². The molecule has 0 amide bonds. The molecule has 18 heavy (non-hydrogen) atoms. The van der Waals surface area contributed by atoms with Gasteiger partial charge < -0.3 is 5.11 Å². The van der Waals surface area contributed by atoms with Gasteiger partial charge in [-0.25, -0.2) is 4.98 Å². The standard InChI is InChI=1S/C14H16BrNOS/c1-10-14(18-9-16-10)7-6-11(8-17)12-4-2-3-5-13(12)15/h2-5,9,11,17H,6-8H2,1H3. The Morgan fingerprint density at radius 3 is 2.78 bits per heavy atom. The van der Waals surface area contributed by atoms with Crippen LogP contribution in [0.25, 0.3) is 0 Å². The third-order valence-corrected chi connectivity index (χ3v) is 4.85. The molecule has 1 aromatic carbocycles. The first-order valence-electron chi connectivity index (χ1n) is 5.96. The number of halogens is 1. The molecule has 0 saturated carbocycles. The third-order valence-electron chi connectivity index (χ3n) is 3.13. The highest BCUT2D eigenvalue weighted by Gasteiger charge is 2.14. The molecule has 1 aromatic heterocycles. The molecule has 0 radical (unpaired) electrons. The Morgan fingerprint density at radius 2 is 2.17 bits per heavy atom. The zero-order valence-electron chi connectivity index (χ0n) is 10.3. The monoisotopic (exact) mass is 325 g/mol. The van der Waals surface area contributed by atoms with Crippen molar-refractivity contribution in [3.8, 4) is 0 Å². The Bertz CT molecular complexity index is 512. The zero-order chi connectivity index (χ0) is 13.0. The van der Waals surface area contributed by atoms with Gasteiger partial charge in [-0.15, -0.1) is 11.3 Å². The maximum Gasteiger partial charge on any atom is 0.0797 e. The molecule has 0 aliphatic carbocycles. The average Bonchev–Trinajstić information content (AvgIpc) is 2.78. The van der Waals surface area contributed by atoms with Crippen LogP contribution < -0.4 is 0 Å². The summed E-state index contributed by atoms with van der Waals surface area (Å²) in [5.74, 6) is 0.182. The number of hydrogen-bond acceptors (Lipinski definition) is 3. The van der Waals surface area contributed by atoms with Crippen LogP contribution in [-0.2, 0) is 6.42 Å². The van der Waals surface area contributed by atoms with Crippen LogP contribution in [0.15, 0.2) is 34.2 Å². The molecule has 1 unspecified atom stereocenters. The Balaban J connectivity index is 2.07. The quantitative estimate of drug-likeness (QED) is 0.903. The normalized spacial score (nSPS) is 12.6. The molecule has 0 bridgehead atoms. The lowest BCUT2D eigenvalue weighted by Crippen LogP contribution is -2.06. The lowest BCUT2D eigenvalue weighted by molar-refractivity contribution is 0.259. The molecule has 0 aliphatic heterocycles. The van der Waals surface area contributed by atoms with Crippen LogP contribution in [0.4, 0.5) is 0 Å². The lowest BCUT2D eigenvalue weighted by atomic mass is 9.94. The van der Waals surface area contributed by atoms with Crippen molar-refractivity contribution in [3.63, 3.8) is 0 Å². The van der Waals surface area contributed by atoms with E-state index in [0.29, 0.717) is 0 Å². The van der Waals surface area contributed by atoms with E-state index in [1.165, 1.54) is 10.4 Å². The number of aliphatic hydroxyl groups is 1. The molecule has 0 aliphatic rings. The fourth-order valence-electron chi connectivity index (χ4n) is 2.02. The highest BCUT2D eigenvalue weighted by atomic mass is 79.9. The maximum absolute atomic E-state index is 9.57. The van der Waals surface area contributed by atoms with Crippen LogP contribution in [0.1, 0.15) is 28.5 Å². The zero-order valence-corrected chi connectivity index (χ0v) is 12.7. The summed E-state index contributed by atoms with van der Waals surface area (Å²) in [6.07, 6.45) is 1.92. The lowest BCUT2D eigenvalue weighted by Gasteiger charge is -2.15. The number of thiazole rings is 1. The van der Waals surface area contributed by atoms with E-state index >= 15 is 0 Å². The SMILES string of the molecule is Cc1ncsc1CCC(CO)c1ccccc1Br. The van der Waals surface area contributed by atoms with Crippen molar-refractivity contribution in [1.29, 1.82) is 0 Å². The number of aliphatic hydroxyl groups excluding tert-OH is 1. The van der Waals surface area contributed by atoms with Crippen molar-refractivity contribution in [2.75, 3.05) is 6.61 Å². The van der Waals surface area contributed by atoms with E-state index in [4.69, 9.17) is 0 Å². The van der Waals surface area contributed by atoms with Gasteiger partial charge in [-0.05, 0) is 31.4 Å². The molecular weight excluding hydrogens is 310 g/mol. The van der Waals surface area contributed by atoms with E-state index in [0.717, 1.165) is 23.0 Å². The van der Waals surface area contributed by atoms with Gasteiger partial charge in [-0.2, -0.15) is 0 Å². The van der Waals surface area contributed by atoms with Crippen molar-refractivity contribution in [1.82, 2.24) is 4.98 Å². The van der Waals surface area contributed by atoms with Crippen LogP contribution in [0.3, 0.4) is 0 Å². The summed E-state index contributed by atoms with van der Waals surface area (Å²) in [7, 11) is 0. The van der Waals surface area contributed by atoms with Crippen LogP contribution in [-0.4, -0.2) is 16.7 Å². The van der Waals surface area contributed by atoms with Crippen molar-refractivity contribution < 1.29 is 5.11 Å². The van der Waals surface area contributed by atoms with Gasteiger partial charge in [0.05, 0.1) is 11.2 Å². The Hall–Kier alpha value is -0.710. The van der Waals surface area contributed by atoms with Crippen molar-refractivity contribution in [2.24, 2.45) is 0 Å². The number of nitrogens with zero attached hydrogens (tertiary/aromatic N) is 1. The van der Waals surface area contributed by atoms with E-state index in [9.17, 15) is 5.11 Å². The molecule has 1 heterocycles. The van der Waals surface area contributed by atoms with Crippen LogP contribution in [0.2, 0.25) is 0 Å². The van der Waals surface area contributed by atoms with Gasteiger partial charge in [-0.3, -0.25) is 0 Å². The smallest absolute Gasteiger partial charge is 0.0797 e. The molecule has 2 aromatic rings. The average molecular weight is 326 g/mol. The first-order chi connectivity index (χ1) is 8.72. The van der Waals surface area contributed by atoms with Crippen molar-refractivity contribution in [3.05, 3.63) is 50.4 Å². The largest absolute Gasteiger partial charge is 0.396 e. The molecule has 4 heteroatoms. The third kappa shape index (κ3) is 3.19. The van der Waals surface area contributed by atoms with Gasteiger partial charge in [-0.1, -0.05) is 34.1 Å². The maximum atomic E-state index is 9.57. The molecule has 1 atom stereocenters. The van der Waals surface area contributed by atoms with Crippen molar-refractivity contribution >= 4 is 27.3 Å². The summed E-state index contributed by atoms with van der Waals surface area (Å²) in [5, 5.41) is 9.57. The van der Waals surface area contributed by atoms with Gasteiger partial charge in [0, 0.05) is 21.9 Å². The first kappa shape index (κ1) is 13.7. The van der Waals surface area contributed by atoms with Crippen LogP contribution in [0, 0.1) is 6.92 Å². The Kier molecular flexibility index (Phi) is 4.92. The topological polar surface area (TPSA) is 33.1 Å². The number of aryl methyl sites for hydroxylation is 2. The predicted octanol–water partition coefficient (Wildman–Crippen LogP) is 3.92. The summed E-state index contributed by atoms with van der Waals surface area (Å²) in [6, 6.07) is 8.11. The minimum atomic E-state index is 0.181. The van der Waals surface area contributed by atoms with Gasteiger partial charge in [0.15, 0.2) is 0 Å². The van der Waals surface area contributed by atoms with E-state index < -0.39 is 0 Å². The minimum absolute atomic E-state index is 0.181. The number of benzene rings is 1. The minimum Gasteiger partial charge on any atom is -0.396 e. The number of rotatable bonds is 5. The second kappa shape index (κ2) is 6.45. The van der Waals surface area contributed by atoms with Gasteiger partial charge >= 0.3 is 0 Å². The summed E-state index contributed by atoms with van der Waals surface area (Å²) in [6.45, 7) is 2.22. The first-order valence-corrected chi connectivity index (χ1v) is 7.64. The molecular formula is C14H16BrNOS. The van der Waals surface area contributed by atoms with E-state index in [1.807, 2.05) is 30.6 Å². The molecule has 0 saturated heterocycles. The number of hydrogen-bond donors (Lipinski definition) is 1. The highest BCUT2D eigenvalue weighted by molar-refractivity contribution is 9.10. The predicted molar refractivity (Wildman–Crippen MR) is 79.1 cm³/mol. The van der Waals surface area contributed by atoms with Gasteiger partial charge in [0.25, 0.3) is 0 Å². The Labute approximate surface area is 120 Å². The molecule has 2 nitrogen and oxygen atoms in total. The second-order valence-electron chi connectivity index (χ2n) is 4.30. The molecule has 0 spiro atoms. The molecule has 2 rings (SSSR count). The van der Waals surface area contributed by atoms with Crippen molar-refractivity contribution in [2.45, 2.75) is 25.7 Å². The summed E-state index contributed by atoms with van der Waals surface area (Å²) < 4.78 is 1.07.